The Labute approximate surface area is 91.6 Å². The third kappa shape index (κ3) is 1.79. The molecular formula is C10H9ClN2S. The second-order valence-corrected chi connectivity index (χ2v) is 4.24. The molecule has 0 amide bonds. The lowest BCUT2D eigenvalue weighted by atomic mass is 10.2. The lowest BCUT2D eigenvalue weighted by molar-refractivity contribution is 1.18. The van der Waals surface area contributed by atoms with E-state index in [1.54, 1.807) is 23.7 Å². The maximum absolute atomic E-state index is 5.74. The Balaban J connectivity index is 2.46. The van der Waals surface area contributed by atoms with Crippen LogP contribution in [-0.4, -0.2) is 9.97 Å². The zero-order valence-electron chi connectivity index (χ0n) is 7.70. The Hall–Kier alpha value is -0.930. The molecule has 0 aliphatic rings. The molecule has 0 N–H and O–H groups in total. The van der Waals surface area contributed by atoms with Gasteiger partial charge in [-0.05, 0) is 24.6 Å². The molecule has 0 aliphatic carbocycles. The Morgan fingerprint density at radius 3 is 2.64 bits per heavy atom. The first kappa shape index (κ1) is 9.62. The molecule has 2 nitrogen and oxygen atoms in total. The number of aryl methyl sites for hydroxylation is 1. The molecule has 14 heavy (non-hydrogen) atoms. The summed E-state index contributed by atoms with van der Waals surface area (Å²) in [6.45, 7) is 2.00. The number of pyridine rings is 1. The van der Waals surface area contributed by atoms with Gasteiger partial charge in [0.25, 0.3) is 0 Å². The number of alkyl halides is 1. The molecule has 4 heteroatoms. The van der Waals surface area contributed by atoms with Gasteiger partial charge in [0.1, 0.15) is 5.01 Å². The predicted molar refractivity (Wildman–Crippen MR) is 59.6 cm³/mol. The van der Waals surface area contributed by atoms with Crippen LogP contribution in [-0.2, 0) is 5.88 Å². The number of rotatable bonds is 2. The molecule has 2 rings (SSSR count). The van der Waals surface area contributed by atoms with E-state index in [4.69, 9.17) is 11.6 Å². The molecular weight excluding hydrogens is 216 g/mol. The molecule has 2 aromatic rings. The van der Waals surface area contributed by atoms with Crippen LogP contribution in [0.4, 0.5) is 0 Å². The van der Waals surface area contributed by atoms with Gasteiger partial charge in [-0.1, -0.05) is 0 Å². The van der Waals surface area contributed by atoms with E-state index in [-0.39, 0.29) is 0 Å². The smallest absolute Gasteiger partial charge is 0.108 e. The molecule has 0 bridgehead atoms. The second-order valence-electron chi connectivity index (χ2n) is 2.89. The van der Waals surface area contributed by atoms with Crippen molar-refractivity contribution in [1.29, 1.82) is 0 Å². The quantitative estimate of drug-likeness (QED) is 0.732. The Morgan fingerprint density at radius 1 is 1.36 bits per heavy atom. The lowest BCUT2D eigenvalue weighted by Gasteiger charge is -1.95. The summed E-state index contributed by atoms with van der Waals surface area (Å²) in [6.07, 6.45) is 3.57. The fourth-order valence-corrected chi connectivity index (χ4v) is 2.42. The highest BCUT2D eigenvalue weighted by atomic mass is 35.5. The van der Waals surface area contributed by atoms with Gasteiger partial charge >= 0.3 is 0 Å². The van der Waals surface area contributed by atoms with Crippen molar-refractivity contribution < 1.29 is 0 Å². The first-order valence-electron chi connectivity index (χ1n) is 4.24. The fourth-order valence-electron chi connectivity index (χ4n) is 1.28. The number of thiazole rings is 1. The van der Waals surface area contributed by atoms with Gasteiger partial charge in [0.05, 0.1) is 16.5 Å². The molecule has 0 radical (unpaired) electrons. The zero-order valence-corrected chi connectivity index (χ0v) is 9.27. The van der Waals surface area contributed by atoms with E-state index >= 15 is 0 Å². The molecule has 2 heterocycles. The van der Waals surface area contributed by atoms with Crippen molar-refractivity contribution in [3.05, 3.63) is 35.2 Å². The summed E-state index contributed by atoms with van der Waals surface area (Å²) in [5, 5.41) is 0.968. The molecule has 0 atom stereocenters. The van der Waals surface area contributed by atoms with Gasteiger partial charge in [-0.15, -0.1) is 22.9 Å². The number of hydrogen-bond donors (Lipinski definition) is 0. The van der Waals surface area contributed by atoms with Crippen molar-refractivity contribution in [1.82, 2.24) is 9.97 Å². The van der Waals surface area contributed by atoms with Gasteiger partial charge < -0.3 is 0 Å². The summed E-state index contributed by atoms with van der Waals surface area (Å²) in [6, 6.07) is 3.97. The molecule has 0 aliphatic heterocycles. The second kappa shape index (κ2) is 4.07. The van der Waals surface area contributed by atoms with Crippen LogP contribution in [0.25, 0.3) is 10.4 Å². The third-order valence-electron chi connectivity index (χ3n) is 1.90. The molecule has 0 saturated carbocycles. The highest BCUT2D eigenvalue weighted by Gasteiger charge is 2.08. The SMILES string of the molecule is Cc1nc(CCl)sc1-c1ccncc1. The van der Waals surface area contributed by atoms with Crippen molar-refractivity contribution in [2.45, 2.75) is 12.8 Å². The molecule has 72 valence electrons. The van der Waals surface area contributed by atoms with Crippen molar-refractivity contribution >= 4 is 22.9 Å². The van der Waals surface area contributed by atoms with Crippen LogP contribution in [0, 0.1) is 6.92 Å². The summed E-state index contributed by atoms with van der Waals surface area (Å²) in [5.41, 5.74) is 2.20. The van der Waals surface area contributed by atoms with Crippen LogP contribution in [0.5, 0.6) is 0 Å². The van der Waals surface area contributed by atoms with Gasteiger partial charge in [-0.3, -0.25) is 4.98 Å². The van der Waals surface area contributed by atoms with Gasteiger partial charge in [-0.25, -0.2) is 4.98 Å². The molecule has 0 aromatic carbocycles. The molecule has 0 spiro atoms. The molecule has 0 unspecified atom stereocenters. The molecule has 2 aromatic heterocycles. The first-order valence-corrected chi connectivity index (χ1v) is 5.59. The van der Waals surface area contributed by atoms with Gasteiger partial charge in [0.15, 0.2) is 0 Å². The van der Waals surface area contributed by atoms with Crippen LogP contribution in [0.2, 0.25) is 0 Å². The highest BCUT2D eigenvalue weighted by Crippen LogP contribution is 2.29. The number of aromatic nitrogens is 2. The van der Waals surface area contributed by atoms with Crippen LogP contribution in [0.15, 0.2) is 24.5 Å². The van der Waals surface area contributed by atoms with Crippen LogP contribution in [0.3, 0.4) is 0 Å². The number of halogens is 1. The minimum atomic E-state index is 0.483. The average molecular weight is 225 g/mol. The van der Waals surface area contributed by atoms with E-state index in [0.29, 0.717) is 5.88 Å². The highest BCUT2D eigenvalue weighted by molar-refractivity contribution is 7.15. The van der Waals surface area contributed by atoms with Gasteiger partial charge in [0, 0.05) is 12.4 Å². The summed E-state index contributed by atoms with van der Waals surface area (Å²) in [7, 11) is 0. The summed E-state index contributed by atoms with van der Waals surface area (Å²) in [4.78, 5) is 9.54. The van der Waals surface area contributed by atoms with E-state index < -0.39 is 0 Å². The largest absolute Gasteiger partial charge is 0.265 e. The van der Waals surface area contributed by atoms with Gasteiger partial charge in [-0.2, -0.15) is 0 Å². The van der Waals surface area contributed by atoms with E-state index in [1.165, 1.54) is 4.88 Å². The monoisotopic (exact) mass is 224 g/mol. The fraction of sp³-hybridized carbons (Fsp3) is 0.200. The number of hydrogen-bond acceptors (Lipinski definition) is 3. The third-order valence-corrected chi connectivity index (χ3v) is 3.52. The standard InChI is InChI=1S/C10H9ClN2S/c1-7-10(14-9(6-11)13-7)8-2-4-12-5-3-8/h2-5H,6H2,1H3. The maximum Gasteiger partial charge on any atom is 0.108 e. The first-order chi connectivity index (χ1) is 6.81. The molecule has 0 saturated heterocycles. The Morgan fingerprint density at radius 2 is 2.07 bits per heavy atom. The van der Waals surface area contributed by atoms with Crippen molar-refractivity contribution in [3.8, 4) is 10.4 Å². The van der Waals surface area contributed by atoms with Crippen molar-refractivity contribution in [3.63, 3.8) is 0 Å². The van der Waals surface area contributed by atoms with E-state index in [9.17, 15) is 0 Å². The minimum absolute atomic E-state index is 0.483. The zero-order chi connectivity index (χ0) is 9.97. The van der Waals surface area contributed by atoms with Crippen molar-refractivity contribution in [2.75, 3.05) is 0 Å². The Bertz CT molecular complexity index is 425. The van der Waals surface area contributed by atoms with E-state index in [2.05, 4.69) is 9.97 Å². The summed E-state index contributed by atoms with van der Waals surface area (Å²) >= 11 is 7.38. The van der Waals surface area contributed by atoms with Gasteiger partial charge in [0.2, 0.25) is 0 Å². The summed E-state index contributed by atoms with van der Waals surface area (Å²) in [5.74, 6) is 0.483. The van der Waals surface area contributed by atoms with Crippen LogP contribution < -0.4 is 0 Å². The van der Waals surface area contributed by atoms with Crippen LogP contribution in [0.1, 0.15) is 10.7 Å². The topological polar surface area (TPSA) is 25.8 Å². The van der Waals surface area contributed by atoms with E-state index in [0.717, 1.165) is 16.3 Å². The normalized spacial score (nSPS) is 10.4. The van der Waals surface area contributed by atoms with E-state index in [1.807, 2.05) is 19.1 Å². The average Bonchev–Trinajstić information content (AvgIpc) is 2.61. The maximum atomic E-state index is 5.74. The van der Waals surface area contributed by atoms with Crippen LogP contribution >= 0.6 is 22.9 Å². The predicted octanol–water partition coefficient (Wildman–Crippen LogP) is 3.25. The summed E-state index contributed by atoms with van der Waals surface area (Å²) < 4.78 is 0. The Kier molecular flexibility index (Phi) is 2.79. The minimum Gasteiger partial charge on any atom is -0.265 e. The lowest BCUT2D eigenvalue weighted by Crippen LogP contribution is -1.78. The number of nitrogens with zero attached hydrogens (tertiary/aromatic N) is 2. The van der Waals surface area contributed by atoms with Crippen molar-refractivity contribution in [2.24, 2.45) is 0 Å². The molecule has 0 fully saturated rings.